The number of methoxy groups -OCH3 is 1. The van der Waals surface area contributed by atoms with Gasteiger partial charge in [-0.1, -0.05) is 36.4 Å². The van der Waals surface area contributed by atoms with Gasteiger partial charge in [-0.3, -0.25) is 0 Å². The van der Waals surface area contributed by atoms with Crippen molar-refractivity contribution in [2.45, 2.75) is 39.0 Å². The van der Waals surface area contributed by atoms with Crippen molar-refractivity contribution in [2.75, 3.05) is 7.11 Å². The number of fused-ring (bicyclic) bond motifs is 1. The number of benzene rings is 2. The van der Waals surface area contributed by atoms with Gasteiger partial charge in [-0.25, -0.2) is 0 Å². The van der Waals surface area contributed by atoms with Gasteiger partial charge in [0.05, 0.1) is 7.11 Å². The summed E-state index contributed by atoms with van der Waals surface area (Å²) >= 11 is 0. The van der Waals surface area contributed by atoms with Crippen LogP contribution in [0.2, 0.25) is 0 Å². The molecule has 2 aromatic rings. The Balaban J connectivity index is 1.82. The molecule has 0 aromatic heterocycles. The first-order valence-electron chi connectivity index (χ1n) is 8.36. The van der Waals surface area contributed by atoms with E-state index < -0.39 is 0 Å². The summed E-state index contributed by atoms with van der Waals surface area (Å²) < 4.78 is 11.6. The van der Waals surface area contributed by atoms with Crippen LogP contribution < -0.4 is 14.8 Å². The van der Waals surface area contributed by atoms with E-state index >= 15 is 0 Å². The van der Waals surface area contributed by atoms with E-state index in [1.165, 1.54) is 5.56 Å². The number of rotatable bonds is 5. The maximum atomic E-state index is 6.04. The Kier molecular flexibility index (Phi) is 4.63. The van der Waals surface area contributed by atoms with E-state index in [9.17, 15) is 0 Å². The lowest BCUT2D eigenvalue weighted by Crippen LogP contribution is -2.27. The Morgan fingerprint density at radius 1 is 1.17 bits per heavy atom. The number of nitrogens with one attached hydrogen (secondary N) is 1. The van der Waals surface area contributed by atoms with Crippen molar-refractivity contribution in [3.8, 4) is 11.5 Å². The molecule has 0 spiro atoms. The molecule has 126 valence electrons. The van der Waals surface area contributed by atoms with E-state index in [-0.39, 0.29) is 11.6 Å². The second kappa shape index (κ2) is 6.70. The standard InChI is InChI=1S/C21H25NO2/c1-15(22-14-16-8-6-5-7-9-16)18-12-17-10-11-21(2,3)24-19(17)13-20(18)23-4/h5-13,15,22H,14H2,1-4H3/t15-/m0/s1. The van der Waals surface area contributed by atoms with Crippen LogP contribution in [0.1, 0.15) is 43.5 Å². The lowest BCUT2D eigenvalue weighted by Gasteiger charge is -2.29. The molecule has 0 aliphatic carbocycles. The highest BCUT2D eigenvalue weighted by molar-refractivity contribution is 5.64. The SMILES string of the molecule is COc1cc2c(cc1[C@H](C)NCc1ccccc1)C=CC(C)(C)O2. The third-order valence-electron chi connectivity index (χ3n) is 4.32. The van der Waals surface area contributed by atoms with Crippen LogP contribution in [0.25, 0.3) is 6.08 Å². The second-order valence-electron chi connectivity index (χ2n) is 6.76. The third kappa shape index (κ3) is 3.62. The van der Waals surface area contributed by atoms with E-state index in [1.807, 2.05) is 12.1 Å². The normalized spacial score (nSPS) is 16.2. The van der Waals surface area contributed by atoms with Crippen LogP contribution in [0.5, 0.6) is 11.5 Å². The predicted molar refractivity (Wildman–Crippen MR) is 98.4 cm³/mol. The average Bonchev–Trinajstić information content (AvgIpc) is 2.58. The molecule has 3 rings (SSSR count). The van der Waals surface area contributed by atoms with Crippen molar-refractivity contribution in [3.63, 3.8) is 0 Å². The van der Waals surface area contributed by atoms with Crippen LogP contribution in [-0.2, 0) is 6.54 Å². The zero-order valence-electron chi connectivity index (χ0n) is 14.8. The van der Waals surface area contributed by atoms with E-state index in [0.29, 0.717) is 0 Å². The van der Waals surface area contributed by atoms with Crippen LogP contribution in [-0.4, -0.2) is 12.7 Å². The van der Waals surface area contributed by atoms with Gasteiger partial charge in [0.25, 0.3) is 0 Å². The molecule has 1 aliphatic heterocycles. The van der Waals surface area contributed by atoms with Gasteiger partial charge in [-0.05, 0) is 38.5 Å². The lowest BCUT2D eigenvalue weighted by molar-refractivity contribution is 0.158. The minimum Gasteiger partial charge on any atom is -0.496 e. The maximum Gasteiger partial charge on any atom is 0.131 e. The Bertz CT molecular complexity index is 735. The molecule has 0 unspecified atom stereocenters. The summed E-state index contributed by atoms with van der Waals surface area (Å²) in [4.78, 5) is 0. The highest BCUT2D eigenvalue weighted by Gasteiger charge is 2.24. The molecule has 1 aliphatic rings. The number of ether oxygens (including phenoxy) is 2. The number of hydrogen-bond acceptors (Lipinski definition) is 3. The second-order valence-corrected chi connectivity index (χ2v) is 6.76. The highest BCUT2D eigenvalue weighted by Crippen LogP contribution is 2.38. The fourth-order valence-corrected chi connectivity index (χ4v) is 2.91. The molecule has 0 bridgehead atoms. The minimum absolute atomic E-state index is 0.175. The summed E-state index contributed by atoms with van der Waals surface area (Å²) in [5.41, 5.74) is 3.22. The minimum atomic E-state index is -0.281. The van der Waals surface area contributed by atoms with Gasteiger partial charge in [0.2, 0.25) is 0 Å². The first-order chi connectivity index (χ1) is 11.5. The van der Waals surface area contributed by atoms with Crippen molar-refractivity contribution in [1.29, 1.82) is 0 Å². The molecule has 1 atom stereocenters. The van der Waals surface area contributed by atoms with Gasteiger partial charge in [0.15, 0.2) is 0 Å². The van der Waals surface area contributed by atoms with Crippen molar-refractivity contribution in [2.24, 2.45) is 0 Å². The van der Waals surface area contributed by atoms with E-state index in [1.54, 1.807) is 7.11 Å². The summed E-state index contributed by atoms with van der Waals surface area (Å²) in [6, 6.07) is 14.7. The maximum absolute atomic E-state index is 6.04. The Morgan fingerprint density at radius 2 is 1.92 bits per heavy atom. The molecule has 0 amide bonds. The van der Waals surface area contributed by atoms with E-state index in [0.717, 1.165) is 29.2 Å². The summed E-state index contributed by atoms with van der Waals surface area (Å²) in [5, 5.41) is 3.57. The van der Waals surface area contributed by atoms with Crippen molar-refractivity contribution in [3.05, 3.63) is 65.2 Å². The molecule has 0 saturated heterocycles. The Hall–Kier alpha value is -2.26. The fourth-order valence-electron chi connectivity index (χ4n) is 2.91. The van der Waals surface area contributed by atoms with Crippen molar-refractivity contribution < 1.29 is 9.47 Å². The quantitative estimate of drug-likeness (QED) is 0.863. The monoisotopic (exact) mass is 323 g/mol. The predicted octanol–water partition coefficient (Wildman–Crippen LogP) is 4.73. The topological polar surface area (TPSA) is 30.5 Å². The smallest absolute Gasteiger partial charge is 0.131 e. The Labute approximate surface area is 144 Å². The molecule has 3 heteroatoms. The van der Waals surface area contributed by atoms with Gasteiger partial charge in [0, 0.05) is 29.8 Å². The van der Waals surface area contributed by atoms with Gasteiger partial charge in [-0.2, -0.15) is 0 Å². The molecule has 0 saturated carbocycles. The summed E-state index contributed by atoms with van der Waals surface area (Å²) in [5.74, 6) is 1.73. The zero-order valence-corrected chi connectivity index (χ0v) is 14.8. The lowest BCUT2D eigenvalue weighted by atomic mass is 9.97. The first-order valence-corrected chi connectivity index (χ1v) is 8.36. The molecule has 1 N–H and O–H groups in total. The molecule has 0 fully saturated rings. The van der Waals surface area contributed by atoms with E-state index in [2.05, 4.69) is 68.6 Å². The van der Waals surface area contributed by atoms with Crippen LogP contribution in [0.15, 0.2) is 48.5 Å². The average molecular weight is 323 g/mol. The zero-order chi connectivity index (χ0) is 17.2. The van der Waals surface area contributed by atoms with Gasteiger partial charge in [-0.15, -0.1) is 0 Å². The van der Waals surface area contributed by atoms with Crippen molar-refractivity contribution in [1.82, 2.24) is 5.32 Å². The largest absolute Gasteiger partial charge is 0.496 e. The third-order valence-corrected chi connectivity index (χ3v) is 4.32. The highest BCUT2D eigenvalue weighted by atomic mass is 16.5. The van der Waals surface area contributed by atoms with Gasteiger partial charge >= 0.3 is 0 Å². The Morgan fingerprint density at radius 3 is 2.62 bits per heavy atom. The molecule has 2 aromatic carbocycles. The number of hydrogen-bond donors (Lipinski definition) is 1. The molecule has 24 heavy (non-hydrogen) atoms. The van der Waals surface area contributed by atoms with Crippen LogP contribution >= 0.6 is 0 Å². The molecule has 1 heterocycles. The molecular formula is C21H25NO2. The summed E-state index contributed by atoms with van der Waals surface area (Å²) in [6.45, 7) is 7.08. The molecule has 3 nitrogen and oxygen atoms in total. The molecular weight excluding hydrogens is 298 g/mol. The van der Waals surface area contributed by atoms with Crippen LogP contribution in [0, 0.1) is 0 Å². The summed E-state index contributed by atoms with van der Waals surface area (Å²) in [7, 11) is 1.71. The van der Waals surface area contributed by atoms with Crippen LogP contribution in [0.4, 0.5) is 0 Å². The van der Waals surface area contributed by atoms with E-state index in [4.69, 9.17) is 9.47 Å². The van der Waals surface area contributed by atoms with Crippen molar-refractivity contribution >= 4 is 6.08 Å². The fraction of sp³-hybridized carbons (Fsp3) is 0.333. The van der Waals surface area contributed by atoms with Gasteiger partial charge in [0.1, 0.15) is 17.1 Å². The first kappa shape index (κ1) is 16.6. The van der Waals surface area contributed by atoms with Crippen LogP contribution in [0.3, 0.4) is 0 Å². The summed E-state index contributed by atoms with van der Waals surface area (Å²) in [6.07, 6.45) is 4.22. The molecule has 0 radical (unpaired) electrons. The van der Waals surface area contributed by atoms with Gasteiger partial charge < -0.3 is 14.8 Å².